The highest BCUT2D eigenvalue weighted by Gasteiger charge is 2.18. The van der Waals surface area contributed by atoms with E-state index in [1.807, 2.05) is 48.9 Å². The molecule has 6 nitrogen and oxygen atoms in total. The monoisotopic (exact) mass is 404 g/mol. The van der Waals surface area contributed by atoms with E-state index in [2.05, 4.69) is 21.7 Å². The van der Waals surface area contributed by atoms with Crippen molar-refractivity contribution in [3.63, 3.8) is 0 Å². The van der Waals surface area contributed by atoms with E-state index in [1.54, 1.807) is 36.1 Å². The fourth-order valence-corrected chi connectivity index (χ4v) is 3.02. The Morgan fingerprint density at radius 1 is 1.23 bits per heavy atom. The van der Waals surface area contributed by atoms with Crippen LogP contribution in [0.2, 0.25) is 0 Å². The Kier molecular flexibility index (Phi) is 6.54. The average molecular weight is 404 g/mol. The quantitative estimate of drug-likeness (QED) is 0.633. The van der Waals surface area contributed by atoms with Crippen molar-refractivity contribution in [3.8, 4) is 22.6 Å². The fraction of sp³-hybridized carbons (Fsp3) is 0.174. The Labute approximate surface area is 175 Å². The van der Waals surface area contributed by atoms with Crippen molar-refractivity contribution in [2.75, 3.05) is 0 Å². The normalized spacial score (nSPS) is 13.8. The molecule has 1 atom stereocenters. The first-order valence-electron chi connectivity index (χ1n) is 9.57. The van der Waals surface area contributed by atoms with Crippen LogP contribution in [0.5, 0.6) is 0 Å². The molecule has 0 spiro atoms. The van der Waals surface area contributed by atoms with E-state index in [4.69, 9.17) is 5.73 Å². The van der Waals surface area contributed by atoms with Gasteiger partial charge < -0.3 is 5.73 Å². The van der Waals surface area contributed by atoms with Gasteiger partial charge in [-0.15, -0.1) is 0 Å². The van der Waals surface area contributed by atoms with Crippen molar-refractivity contribution < 1.29 is 4.39 Å². The molecule has 0 amide bonds. The molecule has 0 saturated carbocycles. The minimum Gasteiger partial charge on any atom is -0.310 e. The molecule has 0 fully saturated rings. The first-order chi connectivity index (χ1) is 14.4. The van der Waals surface area contributed by atoms with Crippen molar-refractivity contribution >= 4 is 5.70 Å². The first kappa shape index (κ1) is 21.1. The number of nitrogens with zero attached hydrogens (tertiary/aromatic N) is 5. The fourth-order valence-electron chi connectivity index (χ4n) is 3.02. The summed E-state index contributed by atoms with van der Waals surface area (Å²) in [6, 6.07) is 9.97. The molecule has 2 aromatic heterocycles. The zero-order chi connectivity index (χ0) is 21.7. The molecule has 30 heavy (non-hydrogen) atoms. The van der Waals surface area contributed by atoms with E-state index in [-0.39, 0.29) is 12.0 Å². The predicted molar refractivity (Wildman–Crippen MR) is 118 cm³/mol. The molecule has 154 valence electrons. The molecule has 3 aromatic rings. The number of imidazole rings is 1. The highest BCUT2D eigenvalue weighted by Crippen LogP contribution is 2.32. The summed E-state index contributed by atoms with van der Waals surface area (Å²) in [5.74, 6) is -0.300. The summed E-state index contributed by atoms with van der Waals surface area (Å²) in [5, 5.41) is 4.68. The number of aromatic nitrogens is 4. The Bertz CT molecular complexity index is 1160. The summed E-state index contributed by atoms with van der Waals surface area (Å²) in [6.45, 7) is 7.67. The third-order valence-electron chi connectivity index (χ3n) is 4.39. The molecule has 2 N–H and O–H groups in total. The van der Waals surface area contributed by atoms with Crippen LogP contribution >= 0.6 is 0 Å². The predicted octanol–water partition coefficient (Wildman–Crippen LogP) is 3.90. The van der Waals surface area contributed by atoms with Gasteiger partial charge in [-0.2, -0.15) is 5.10 Å². The number of hydrogen-bond acceptors (Lipinski definition) is 4. The van der Waals surface area contributed by atoms with E-state index in [0.717, 1.165) is 17.0 Å². The number of hydrogen-bond donors (Lipinski definition) is 1. The van der Waals surface area contributed by atoms with Gasteiger partial charge in [0, 0.05) is 18.3 Å². The van der Waals surface area contributed by atoms with Crippen LogP contribution in [0.4, 0.5) is 4.39 Å². The largest absolute Gasteiger partial charge is 0.310 e. The number of halogens is 1. The molecular weight excluding hydrogens is 379 g/mol. The second-order valence-corrected chi connectivity index (χ2v) is 6.71. The van der Waals surface area contributed by atoms with E-state index >= 15 is 0 Å². The van der Waals surface area contributed by atoms with E-state index in [0.29, 0.717) is 16.9 Å². The van der Waals surface area contributed by atoms with Gasteiger partial charge in [-0.3, -0.25) is 9.25 Å². The van der Waals surface area contributed by atoms with Gasteiger partial charge in [-0.25, -0.2) is 14.4 Å². The van der Waals surface area contributed by atoms with Crippen molar-refractivity contribution in [1.82, 2.24) is 19.3 Å². The second-order valence-electron chi connectivity index (χ2n) is 6.71. The molecule has 0 aliphatic heterocycles. The van der Waals surface area contributed by atoms with Crippen molar-refractivity contribution in [3.05, 3.63) is 84.9 Å². The maximum atomic E-state index is 13.5. The number of rotatable bonds is 6. The van der Waals surface area contributed by atoms with Crippen LogP contribution in [0.3, 0.4) is 0 Å². The number of nitrogens with two attached hydrogens (primary N) is 1. The second kappa shape index (κ2) is 9.28. The number of allylic oxidation sites excluding steroid dienone is 5. The maximum absolute atomic E-state index is 13.5. The minimum absolute atomic E-state index is 0.300. The number of benzene rings is 1. The molecule has 0 aliphatic carbocycles. The minimum atomic E-state index is -0.333. The molecule has 0 bridgehead atoms. The summed E-state index contributed by atoms with van der Waals surface area (Å²) in [6.07, 6.45) is 8.93. The summed E-state index contributed by atoms with van der Waals surface area (Å²) in [4.78, 5) is 8.97. The molecule has 0 aliphatic rings. The summed E-state index contributed by atoms with van der Waals surface area (Å²) in [5.41, 5.74) is 10.2. The van der Waals surface area contributed by atoms with Crippen molar-refractivity contribution in [2.45, 2.75) is 20.0 Å². The zero-order valence-electron chi connectivity index (χ0n) is 17.3. The van der Waals surface area contributed by atoms with Crippen LogP contribution in [-0.4, -0.2) is 25.5 Å². The SMILES string of the molecule is C=C/C(=C\C=C/C)n1cnc(-c2ccc(F)cc2)c1-c1cc/c(=N/C(C)N)n(C)n1. The lowest BCUT2D eigenvalue weighted by Gasteiger charge is -2.12. The number of aryl methyl sites for hydroxylation is 1. The Morgan fingerprint density at radius 2 is 1.97 bits per heavy atom. The first-order valence-corrected chi connectivity index (χ1v) is 9.57. The average Bonchev–Trinajstić information content (AvgIpc) is 3.15. The molecule has 1 unspecified atom stereocenters. The molecule has 3 rings (SSSR count). The van der Waals surface area contributed by atoms with E-state index in [9.17, 15) is 4.39 Å². The van der Waals surface area contributed by atoms with E-state index < -0.39 is 0 Å². The van der Waals surface area contributed by atoms with Gasteiger partial charge in [0.15, 0.2) is 0 Å². The molecule has 2 heterocycles. The highest BCUT2D eigenvalue weighted by atomic mass is 19.1. The van der Waals surface area contributed by atoms with Crippen LogP contribution in [0.25, 0.3) is 28.3 Å². The summed E-state index contributed by atoms with van der Waals surface area (Å²) in [7, 11) is 1.81. The molecule has 0 saturated heterocycles. The molecule has 1 aromatic carbocycles. The lowest BCUT2D eigenvalue weighted by Crippen LogP contribution is -2.25. The van der Waals surface area contributed by atoms with Crippen LogP contribution in [0.1, 0.15) is 13.8 Å². The van der Waals surface area contributed by atoms with Crippen LogP contribution < -0.4 is 11.2 Å². The third kappa shape index (κ3) is 4.52. The lowest BCUT2D eigenvalue weighted by molar-refractivity contribution is 0.628. The smallest absolute Gasteiger partial charge is 0.145 e. The molecular formula is C23H25FN6. The van der Waals surface area contributed by atoms with Crippen LogP contribution in [0, 0.1) is 5.82 Å². The summed E-state index contributed by atoms with van der Waals surface area (Å²) < 4.78 is 17.1. The standard InChI is InChI=1S/C23H25FN6/c1-5-7-8-19(6-2)30-15-26-22(17-9-11-18(24)12-10-17)23(30)20-13-14-21(27-16(3)25)29(4)28-20/h5-16H,2,25H2,1,3-4H3/b7-5-,19-8+,27-21-. The van der Waals surface area contributed by atoms with Gasteiger partial charge in [-0.1, -0.05) is 18.7 Å². The Balaban J connectivity index is 2.27. The topological polar surface area (TPSA) is 74.0 Å². The Hall–Kier alpha value is -3.58. The van der Waals surface area contributed by atoms with Gasteiger partial charge in [0.05, 0.1) is 11.9 Å². The van der Waals surface area contributed by atoms with Gasteiger partial charge in [0.1, 0.15) is 29.0 Å². The van der Waals surface area contributed by atoms with Crippen LogP contribution in [-0.2, 0) is 7.05 Å². The van der Waals surface area contributed by atoms with Gasteiger partial charge in [0.25, 0.3) is 0 Å². The van der Waals surface area contributed by atoms with Crippen LogP contribution in [0.15, 0.2) is 78.6 Å². The zero-order valence-corrected chi connectivity index (χ0v) is 17.3. The Morgan fingerprint density at radius 3 is 2.57 bits per heavy atom. The maximum Gasteiger partial charge on any atom is 0.145 e. The highest BCUT2D eigenvalue weighted by molar-refractivity contribution is 5.80. The summed E-state index contributed by atoms with van der Waals surface area (Å²) >= 11 is 0. The van der Waals surface area contributed by atoms with Crippen molar-refractivity contribution in [2.24, 2.45) is 17.8 Å². The molecule has 7 heteroatoms. The van der Waals surface area contributed by atoms with E-state index in [1.165, 1.54) is 12.1 Å². The van der Waals surface area contributed by atoms with Crippen molar-refractivity contribution in [1.29, 1.82) is 0 Å². The van der Waals surface area contributed by atoms with Gasteiger partial charge >= 0.3 is 0 Å². The lowest BCUT2D eigenvalue weighted by atomic mass is 10.1. The third-order valence-corrected chi connectivity index (χ3v) is 4.39. The molecule has 0 radical (unpaired) electrons. The van der Waals surface area contributed by atoms with Gasteiger partial charge in [0.2, 0.25) is 0 Å². The van der Waals surface area contributed by atoms with Gasteiger partial charge in [-0.05, 0) is 62.4 Å².